The number of rotatable bonds is 6. The average molecular weight is 481 g/mol. The van der Waals surface area contributed by atoms with Gasteiger partial charge in [0.2, 0.25) is 11.8 Å². The predicted octanol–water partition coefficient (Wildman–Crippen LogP) is 4.25. The lowest BCUT2D eigenvalue weighted by Crippen LogP contribution is -2.27. The molecule has 0 saturated carbocycles. The Balaban J connectivity index is 1.33. The zero-order valence-corrected chi connectivity index (χ0v) is 19.3. The number of nitrogens with one attached hydrogen (secondary N) is 2. The number of ether oxygens (including phenoxy) is 1. The van der Waals surface area contributed by atoms with Gasteiger partial charge in [-0.3, -0.25) is 4.57 Å². The third-order valence-electron chi connectivity index (χ3n) is 6.43. The number of imidazole rings is 1. The van der Waals surface area contributed by atoms with Gasteiger partial charge in [0.25, 0.3) is 0 Å². The molecule has 0 amide bonds. The summed E-state index contributed by atoms with van der Waals surface area (Å²) in [6, 6.07) is 20.9. The van der Waals surface area contributed by atoms with Crippen molar-refractivity contribution in [2.45, 2.75) is 31.6 Å². The molecule has 0 bridgehead atoms. The largest absolute Gasteiger partial charge is 0.471 e. The van der Waals surface area contributed by atoms with E-state index in [-0.39, 0.29) is 11.7 Å². The van der Waals surface area contributed by atoms with E-state index in [1.807, 2.05) is 60.7 Å². The molecule has 0 radical (unpaired) electrons. The van der Waals surface area contributed by atoms with Crippen LogP contribution in [0.2, 0.25) is 0 Å². The molecule has 1 aliphatic rings. The maximum atomic E-state index is 13.0. The van der Waals surface area contributed by atoms with Gasteiger partial charge in [-0.2, -0.15) is 4.98 Å². The molecule has 0 unspecified atom stereocenters. The van der Waals surface area contributed by atoms with Gasteiger partial charge in [-0.05, 0) is 41.7 Å². The van der Waals surface area contributed by atoms with Crippen LogP contribution in [0.5, 0.6) is 5.88 Å². The Morgan fingerprint density at radius 2 is 1.81 bits per heavy atom. The molecule has 0 fully saturated rings. The van der Waals surface area contributed by atoms with E-state index in [0.29, 0.717) is 48.1 Å². The van der Waals surface area contributed by atoms with Crippen molar-refractivity contribution in [1.82, 2.24) is 24.5 Å². The smallest absolute Gasteiger partial charge is 0.328 e. The van der Waals surface area contributed by atoms with Gasteiger partial charge in [0, 0.05) is 6.20 Å². The van der Waals surface area contributed by atoms with Gasteiger partial charge >= 0.3 is 5.69 Å². The number of H-pyrrole nitrogens is 1. The number of pyridine rings is 1. The molecule has 36 heavy (non-hydrogen) atoms. The lowest BCUT2D eigenvalue weighted by Gasteiger charge is -2.29. The number of benzene rings is 2. The van der Waals surface area contributed by atoms with E-state index in [1.165, 1.54) is 0 Å². The summed E-state index contributed by atoms with van der Waals surface area (Å²) in [7, 11) is 0. The quantitative estimate of drug-likeness (QED) is 0.332. The fourth-order valence-corrected chi connectivity index (χ4v) is 4.73. The molecule has 3 N–H and O–H groups in total. The number of aromatic nitrogens is 5. The van der Waals surface area contributed by atoms with Gasteiger partial charge in [0.1, 0.15) is 17.8 Å². The van der Waals surface area contributed by atoms with E-state index >= 15 is 0 Å². The van der Waals surface area contributed by atoms with Crippen molar-refractivity contribution in [2.24, 2.45) is 0 Å². The third-order valence-corrected chi connectivity index (χ3v) is 6.43. The molecule has 0 spiro atoms. The van der Waals surface area contributed by atoms with Gasteiger partial charge in [-0.1, -0.05) is 54.6 Å². The van der Waals surface area contributed by atoms with Crippen molar-refractivity contribution < 1.29 is 9.84 Å². The van der Waals surface area contributed by atoms with Crippen LogP contribution in [0, 0.1) is 0 Å². The number of aliphatic hydroxyl groups excluding tert-OH is 1. The zero-order valence-electron chi connectivity index (χ0n) is 19.3. The van der Waals surface area contributed by atoms with Gasteiger partial charge in [0.05, 0.1) is 18.3 Å². The van der Waals surface area contributed by atoms with Gasteiger partial charge in [-0.15, -0.1) is 0 Å². The molecule has 9 heteroatoms. The molecular formula is C27H24N6O3. The van der Waals surface area contributed by atoms with Crippen molar-refractivity contribution in [3.63, 3.8) is 0 Å². The Hall–Kier alpha value is -4.50. The highest BCUT2D eigenvalue weighted by Crippen LogP contribution is 2.38. The highest BCUT2D eigenvalue weighted by atomic mass is 16.5. The Bertz CT molecular complexity index is 1580. The third kappa shape index (κ3) is 4.09. The van der Waals surface area contributed by atoms with Crippen LogP contribution in [-0.4, -0.2) is 29.6 Å². The Morgan fingerprint density at radius 1 is 1.00 bits per heavy atom. The van der Waals surface area contributed by atoms with Crippen LogP contribution in [0.3, 0.4) is 0 Å². The molecule has 3 aromatic heterocycles. The standard InChI is InChI=1S/C27H24N6O3/c34-23-13-12-22(18-9-4-5-10-19(18)23)33-24-21(31-27(33)35)15-29-26(32-24)30-20-11-6-14-28-25(20)36-16-17-7-2-1-3-8-17/h1-11,14-15,22-23,34H,12-13,16H2,(H,31,35)(H,29,30,32)/t22-,23-/m1/s1. The lowest BCUT2D eigenvalue weighted by atomic mass is 9.85. The molecule has 3 heterocycles. The van der Waals surface area contributed by atoms with E-state index in [1.54, 1.807) is 23.0 Å². The molecule has 9 nitrogen and oxygen atoms in total. The number of fused-ring (bicyclic) bond motifs is 2. The molecule has 6 rings (SSSR count). The lowest BCUT2D eigenvalue weighted by molar-refractivity contribution is 0.147. The number of anilines is 2. The first-order valence-electron chi connectivity index (χ1n) is 11.8. The first-order chi connectivity index (χ1) is 17.7. The summed E-state index contributed by atoms with van der Waals surface area (Å²) in [4.78, 5) is 29.3. The van der Waals surface area contributed by atoms with Crippen LogP contribution >= 0.6 is 0 Å². The molecule has 5 aromatic rings. The summed E-state index contributed by atoms with van der Waals surface area (Å²) in [5.41, 5.74) is 4.18. The van der Waals surface area contributed by atoms with Crippen LogP contribution in [0.15, 0.2) is 83.9 Å². The molecule has 1 aliphatic carbocycles. The second-order valence-corrected chi connectivity index (χ2v) is 8.72. The number of hydrogen-bond donors (Lipinski definition) is 3. The Morgan fingerprint density at radius 3 is 2.67 bits per heavy atom. The normalized spacial score (nSPS) is 17.0. The van der Waals surface area contributed by atoms with Crippen LogP contribution in [-0.2, 0) is 6.61 Å². The minimum Gasteiger partial charge on any atom is -0.471 e. The Kier molecular flexibility index (Phi) is 5.67. The molecule has 2 aromatic carbocycles. The topological polar surface area (TPSA) is 118 Å². The first-order valence-corrected chi connectivity index (χ1v) is 11.8. The van der Waals surface area contributed by atoms with E-state index in [2.05, 4.69) is 25.3 Å². The zero-order chi connectivity index (χ0) is 24.5. The average Bonchev–Trinajstić information content (AvgIpc) is 3.24. The summed E-state index contributed by atoms with van der Waals surface area (Å²) in [5.74, 6) is 0.739. The minimum atomic E-state index is -0.537. The first kappa shape index (κ1) is 22.0. The second kappa shape index (κ2) is 9.27. The fraction of sp³-hybridized carbons (Fsp3) is 0.185. The van der Waals surface area contributed by atoms with Gasteiger partial charge < -0.3 is 20.1 Å². The van der Waals surface area contributed by atoms with E-state index in [9.17, 15) is 9.90 Å². The number of aromatic amines is 1. The molecule has 2 atom stereocenters. The van der Waals surface area contributed by atoms with Crippen LogP contribution < -0.4 is 15.7 Å². The number of nitrogens with zero attached hydrogens (tertiary/aromatic N) is 4. The monoisotopic (exact) mass is 480 g/mol. The van der Waals surface area contributed by atoms with Crippen molar-refractivity contribution in [3.8, 4) is 5.88 Å². The molecule has 0 saturated heterocycles. The van der Waals surface area contributed by atoms with E-state index in [0.717, 1.165) is 16.7 Å². The van der Waals surface area contributed by atoms with Crippen molar-refractivity contribution >= 4 is 22.8 Å². The SMILES string of the molecule is O=c1[nH]c2cnc(Nc3cccnc3OCc3ccccc3)nc2n1[C@@H]1CC[C@@H](O)c2ccccc21. The summed E-state index contributed by atoms with van der Waals surface area (Å²) < 4.78 is 7.60. The van der Waals surface area contributed by atoms with Gasteiger partial charge in [0.15, 0.2) is 5.65 Å². The second-order valence-electron chi connectivity index (χ2n) is 8.72. The maximum Gasteiger partial charge on any atom is 0.328 e. The molecule has 0 aliphatic heterocycles. The molecule has 180 valence electrons. The summed E-state index contributed by atoms with van der Waals surface area (Å²) in [6.45, 7) is 0.372. The fourth-order valence-electron chi connectivity index (χ4n) is 4.73. The Labute approximate surface area is 206 Å². The van der Waals surface area contributed by atoms with E-state index in [4.69, 9.17) is 4.74 Å². The van der Waals surface area contributed by atoms with Crippen LogP contribution in [0.1, 0.15) is 41.7 Å². The van der Waals surface area contributed by atoms with Crippen molar-refractivity contribution in [3.05, 3.63) is 106 Å². The van der Waals surface area contributed by atoms with E-state index < -0.39 is 6.10 Å². The van der Waals surface area contributed by atoms with Crippen LogP contribution in [0.25, 0.3) is 11.2 Å². The highest BCUT2D eigenvalue weighted by molar-refractivity contribution is 5.73. The maximum absolute atomic E-state index is 13.0. The van der Waals surface area contributed by atoms with Crippen molar-refractivity contribution in [1.29, 1.82) is 0 Å². The van der Waals surface area contributed by atoms with Gasteiger partial charge in [-0.25, -0.2) is 14.8 Å². The summed E-state index contributed by atoms with van der Waals surface area (Å²) in [5, 5.41) is 13.6. The summed E-state index contributed by atoms with van der Waals surface area (Å²) >= 11 is 0. The van der Waals surface area contributed by atoms with Crippen molar-refractivity contribution in [2.75, 3.05) is 5.32 Å². The highest BCUT2D eigenvalue weighted by Gasteiger charge is 2.29. The number of aliphatic hydroxyl groups is 1. The van der Waals surface area contributed by atoms with Crippen LogP contribution in [0.4, 0.5) is 11.6 Å². The number of hydrogen-bond acceptors (Lipinski definition) is 7. The molecular weight excluding hydrogens is 456 g/mol. The minimum absolute atomic E-state index is 0.239. The predicted molar refractivity (Wildman–Crippen MR) is 135 cm³/mol. The summed E-state index contributed by atoms with van der Waals surface area (Å²) in [6.07, 6.45) is 3.90.